The van der Waals surface area contributed by atoms with Gasteiger partial charge in [0.2, 0.25) is 0 Å². The minimum atomic E-state index is -0.551. The zero-order valence-electron chi connectivity index (χ0n) is 17.8. The summed E-state index contributed by atoms with van der Waals surface area (Å²) in [5.74, 6) is 0.671. The number of aliphatic imine (C=N–C) groups is 1. The van der Waals surface area contributed by atoms with Gasteiger partial charge in [-0.1, -0.05) is 30.3 Å². The van der Waals surface area contributed by atoms with E-state index >= 15 is 0 Å². The Balaban J connectivity index is 1.91. The maximum Gasteiger partial charge on any atom is 0.408 e. The van der Waals surface area contributed by atoms with Crippen LogP contribution in [0, 0.1) is 6.92 Å². The lowest BCUT2D eigenvalue weighted by Gasteiger charge is -2.24. The first-order valence-corrected chi connectivity index (χ1v) is 10.5. The van der Waals surface area contributed by atoms with Crippen molar-refractivity contribution in [1.29, 1.82) is 0 Å². The maximum atomic E-state index is 12.3. The fourth-order valence-electron chi connectivity index (χ4n) is 2.61. The van der Waals surface area contributed by atoms with Crippen molar-refractivity contribution in [2.75, 3.05) is 20.1 Å². The molecule has 0 fully saturated rings. The molecule has 29 heavy (non-hydrogen) atoms. The molecule has 0 aliphatic carbocycles. The molecule has 7 nitrogen and oxygen atoms in total. The number of ether oxygens (including phenoxy) is 1. The lowest BCUT2D eigenvalue weighted by molar-refractivity contribution is 0.0504. The van der Waals surface area contributed by atoms with E-state index in [0.717, 1.165) is 23.5 Å². The third-order valence-electron chi connectivity index (χ3n) is 3.89. The molecular formula is C21H31N5O2S. The van der Waals surface area contributed by atoms with Gasteiger partial charge in [0, 0.05) is 37.6 Å². The number of aromatic nitrogens is 1. The van der Waals surface area contributed by atoms with Crippen LogP contribution < -0.4 is 16.0 Å². The first kappa shape index (κ1) is 22.7. The Morgan fingerprint density at radius 3 is 2.55 bits per heavy atom. The molecule has 1 amide bonds. The molecule has 1 unspecified atom stereocenters. The topological polar surface area (TPSA) is 87.6 Å². The highest BCUT2D eigenvalue weighted by molar-refractivity contribution is 7.11. The van der Waals surface area contributed by atoms with Gasteiger partial charge in [0.05, 0.1) is 11.0 Å². The van der Waals surface area contributed by atoms with Gasteiger partial charge in [-0.25, -0.2) is 9.78 Å². The van der Waals surface area contributed by atoms with Crippen molar-refractivity contribution >= 4 is 23.4 Å². The summed E-state index contributed by atoms with van der Waals surface area (Å²) in [4.78, 5) is 22.1. The Labute approximate surface area is 177 Å². The van der Waals surface area contributed by atoms with Gasteiger partial charge >= 0.3 is 6.09 Å². The van der Waals surface area contributed by atoms with Crippen LogP contribution in [0.5, 0.6) is 0 Å². The van der Waals surface area contributed by atoms with Crippen molar-refractivity contribution in [2.45, 2.75) is 45.8 Å². The monoisotopic (exact) mass is 417 g/mol. The smallest absolute Gasteiger partial charge is 0.408 e. The largest absolute Gasteiger partial charge is 0.444 e. The maximum absolute atomic E-state index is 12.3. The lowest BCUT2D eigenvalue weighted by atomic mass is 10.1. The summed E-state index contributed by atoms with van der Waals surface area (Å²) in [6, 6.07) is 9.54. The number of carbonyl (C=O) groups is 1. The lowest BCUT2D eigenvalue weighted by Crippen LogP contribution is -2.44. The number of hydrogen-bond donors (Lipinski definition) is 3. The van der Waals surface area contributed by atoms with Crippen LogP contribution in [0.25, 0.3) is 0 Å². The second-order valence-corrected chi connectivity index (χ2v) is 8.92. The van der Waals surface area contributed by atoms with Gasteiger partial charge in [-0.15, -0.1) is 11.3 Å². The van der Waals surface area contributed by atoms with Crippen LogP contribution >= 0.6 is 11.3 Å². The average Bonchev–Trinajstić information content (AvgIpc) is 3.07. The van der Waals surface area contributed by atoms with Crippen molar-refractivity contribution in [3.05, 3.63) is 52.0 Å². The molecule has 0 spiro atoms. The van der Waals surface area contributed by atoms with E-state index in [9.17, 15) is 4.79 Å². The third kappa shape index (κ3) is 8.51. The fourth-order valence-corrected chi connectivity index (χ4v) is 3.40. The van der Waals surface area contributed by atoms with Gasteiger partial charge in [0.15, 0.2) is 5.96 Å². The van der Waals surface area contributed by atoms with E-state index in [1.165, 1.54) is 4.88 Å². The van der Waals surface area contributed by atoms with E-state index in [4.69, 9.17) is 4.74 Å². The first-order valence-electron chi connectivity index (χ1n) is 9.67. The van der Waals surface area contributed by atoms with E-state index in [1.54, 1.807) is 18.4 Å². The summed E-state index contributed by atoms with van der Waals surface area (Å²) in [6.07, 6.45) is 2.27. The van der Waals surface area contributed by atoms with Crippen molar-refractivity contribution in [2.24, 2.45) is 4.99 Å². The number of rotatable bonds is 7. The number of amides is 1. The van der Waals surface area contributed by atoms with E-state index in [0.29, 0.717) is 12.5 Å². The number of nitrogens with one attached hydrogen (secondary N) is 3. The molecule has 2 rings (SSSR count). The molecule has 1 aromatic heterocycles. The minimum absolute atomic E-state index is 0.258. The summed E-state index contributed by atoms with van der Waals surface area (Å²) < 4.78 is 5.41. The fraction of sp³-hybridized carbons (Fsp3) is 0.476. The summed E-state index contributed by atoms with van der Waals surface area (Å²) in [6.45, 7) is 8.78. The summed E-state index contributed by atoms with van der Waals surface area (Å²) in [7, 11) is 1.72. The average molecular weight is 418 g/mol. The van der Waals surface area contributed by atoms with Crippen LogP contribution in [0.2, 0.25) is 0 Å². The Morgan fingerprint density at radius 1 is 1.24 bits per heavy atom. The number of carbonyl (C=O) groups excluding carboxylic acids is 1. The summed E-state index contributed by atoms with van der Waals surface area (Å²) >= 11 is 1.70. The number of thiazole rings is 1. The minimum Gasteiger partial charge on any atom is -0.444 e. The highest BCUT2D eigenvalue weighted by atomic mass is 32.1. The van der Waals surface area contributed by atoms with E-state index in [1.807, 2.05) is 57.3 Å². The molecular weight excluding hydrogens is 386 g/mol. The second-order valence-electron chi connectivity index (χ2n) is 7.60. The summed E-state index contributed by atoms with van der Waals surface area (Å²) in [5.41, 5.74) is 0.435. The van der Waals surface area contributed by atoms with Crippen LogP contribution in [0.4, 0.5) is 4.79 Å². The standard InChI is InChI=1S/C21H31N5O2S/c1-15-13-24-18(29-15)11-12-23-19(22-5)25-14-17(16-9-7-6-8-10-16)26-20(27)28-21(2,3)4/h6-10,13,17H,11-12,14H2,1-5H3,(H,26,27)(H2,22,23,25). The van der Waals surface area contributed by atoms with Gasteiger partial charge in [0.1, 0.15) is 5.60 Å². The first-order chi connectivity index (χ1) is 13.8. The molecule has 8 heteroatoms. The molecule has 0 aliphatic rings. The van der Waals surface area contributed by atoms with Gasteiger partial charge in [-0.05, 0) is 33.3 Å². The molecule has 2 aromatic rings. The zero-order valence-corrected chi connectivity index (χ0v) is 18.6. The number of hydrogen-bond acceptors (Lipinski definition) is 5. The third-order valence-corrected chi connectivity index (χ3v) is 4.86. The normalized spacial score (nSPS) is 12.9. The molecule has 1 atom stereocenters. The Hall–Kier alpha value is -2.61. The van der Waals surface area contributed by atoms with Crippen molar-refractivity contribution in [3.63, 3.8) is 0 Å². The number of benzene rings is 1. The molecule has 3 N–H and O–H groups in total. The van der Waals surface area contributed by atoms with Crippen LogP contribution in [-0.4, -0.2) is 42.8 Å². The summed E-state index contributed by atoms with van der Waals surface area (Å²) in [5, 5.41) is 10.6. The molecule has 0 aliphatic heterocycles. The van der Waals surface area contributed by atoms with Gasteiger partial charge in [-0.3, -0.25) is 4.99 Å². The quantitative estimate of drug-likeness (QED) is 0.475. The van der Waals surface area contributed by atoms with Crippen LogP contribution in [0.1, 0.15) is 42.3 Å². The van der Waals surface area contributed by atoms with Gasteiger partial charge in [-0.2, -0.15) is 0 Å². The number of nitrogens with zero attached hydrogens (tertiary/aromatic N) is 2. The second kappa shape index (κ2) is 10.8. The number of aryl methyl sites for hydroxylation is 1. The molecule has 158 valence electrons. The Bertz CT molecular complexity index is 799. The highest BCUT2D eigenvalue weighted by Gasteiger charge is 2.20. The van der Waals surface area contributed by atoms with Gasteiger partial charge < -0.3 is 20.7 Å². The molecule has 1 aromatic carbocycles. The molecule has 1 heterocycles. The number of alkyl carbamates (subject to hydrolysis) is 1. The van der Waals surface area contributed by atoms with Crippen molar-refractivity contribution in [3.8, 4) is 0 Å². The van der Waals surface area contributed by atoms with Crippen molar-refractivity contribution < 1.29 is 9.53 Å². The van der Waals surface area contributed by atoms with Crippen LogP contribution in [-0.2, 0) is 11.2 Å². The Morgan fingerprint density at radius 2 is 1.97 bits per heavy atom. The zero-order chi connectivity index (χ0) is 21.3. The Kier molecular flexibility index (Phi) is 8.45. The van der Waals surface area contributed by atoms with Crippen LogP contribution in [0.3, 0.4) is 0 Å². The SMILES string of the molecule is CN=C(NCCc1ncc(C)s1)NCC(NC(=O)OC(C)(C)C)c1ccccc1. The molecule has 0 saturated heterocycles. The van der Waals surface area contributed by atoms with E-state index in [-0.39, 0.29) is 6.04 Å². The highest BCUT2D eigenvalue weighted by Crippen LogP contribution is 2.14. The predicted molar refractivity (Wildman–Crippen MR) is 118 cm³/mol. The van der Waals surface area contributed by atoms with E-state index < -0.39 is 11.7 Å². The molecule has 0 bridgehead atoms. The van der Waals surface area contributed by atoms with Gasteiger partial charge in [0.25, 0.3) is 0 Å². The van der Waals surface area contributed by atoms with Crippen LogP contribution in [0.15, 0.2) is 41.5 Å². The molecule has 0 radical (unpaired) electrons. The number of guanidine groups is 1. The van der Waals surface area contributed by atoms with E-state index in [2.05, 4.69) is 32.9 Å². The molecule has 0 saturated carbocycles. The predicted octanol–water partition coefficient (Wildman–Crippen LogP) is 3.43. The van der Waals surface area contributed by atoms with Crippen molar-refractivity contribution in [1.82, 2.24) is 20.9 Å².